The van der Waals surface area contributed by atoms with Crippen LogP contribution in [0, 0.1) is 23.2 Å². The lowest BCUT2D eigenvalue weighted by atomic mass is 9.62. The minimum absolute atomic E-state index is 0.0775. The Kier molecular flexibility index (Phi) is 7.07. The molecule has 2 N–H and O–H groups in total. The van der Waals surface area contributed by atoms with Crippen LogP contribution in [-0.2, 0) is 0 Å². The van der Waals surface area contributed by atoms with Gasteiger partial charge in [0.2, 0.25) is 0 Å². The van der Waals surface area contributed by atoms with Crippen LogP contribution >= 0.6 is 0 Å². The van der Waals surface area contributed by atoms with E-state index in [0.29, 0.717) is 36.8 Å². The van der Waals surface area contributed by atoms with E-state index >= 15 is 0 Å². The fourth-order valence-electron chi connectivity index (χ4n) is 4.76. The van der Waals surface area contributed by atoms with E-state index in [1.54, 1.807) is 0 Å². The molecule has 0 aliphatic heterocycles. The Morgan fingerprint density at radius 2 is 1.91 bits per heavy atom. The average molecular weight is 314 g/mol. The molecule has 0 aromatic heterocycles. The van der Waals surface area contributed by atoms with Crippen molar-refractivity contribution >= 4 is 0 Å². The van der Waals surface area contributed by atoms with Crippen molar-refractivity contribution < 1.29 is 14.6 Å². The number of aliphatic hydroxyl groups excluding tert-OH is 1. The highest BCUT2D eigenvalue weighted by Gasteiger charge is 2.51. The molecule has 0 spiro atoms. The molecule has 0 bridgehead atoms. The Hall–Kier alpha value is -0.410. The van der Waals surface area contributed by atoms with Crippen molar-refractivity contribution in [3.8, 4) is 0 Å². The van der Waals surface area contributed by atoms with Crippen LogP contribution in [0.5, 0.6) is 0 Å². The lowest BCUT2D eigenvalue weighted by Crippen LogP contribution is -2.41. The van der Waals surface area contributed by atoms with Crippen LogP contribution in [0.4, 0.5) is 4.39 Å². The van der Waals surface area contributed by atoms with Gasteiger partial charge in [-0.25, -0.2) is 0 Å². The van der Waals surface area contributed by atoms with Crippen molar-refractivity contribution in [2.45, 2.75) is 77.9 Å². The van der Waals surface area contributed by atoms with E-state index in [9.17, 15) is 14.6 Å². The van der Waals surface area contributed by atoms with Crippen LogP contribution < -0.4 is 0 Å². The number of allylic oxidation sites excluding steroid dienone is 1. The van der Waals surface area contributed by atoms with Crippen LogP contribution in [0.1, 0.15) is 66.2 Å². The van der Waals surface area contributed by atoms with E-state index in [-0.39, 0.29) is 6.10 Å². The number of hydrogen-bond acceptors (Lipinski definition) is 2. The maximum atomic E-state index is 10.3. The maximum absolute atomic E-state index is 10.3. The summed E-state index contributed by atoms with van der Waals surface area (Å²) < 4.78 is 9.50. The Bertz CT molecular complexity index is 361. The minimum Gasteiger partial charge on any atom is -0.393 e. The second-order valence-electron chi connectivity index (χ2n) is 8.06. The third kappa shape index (κ3) is 4.55. The normalized spacial score (nSPS) is 36.6. The third-order valence-electron chi connectivity index (χ3n) is 5.85. The van der Waals surface area contributed by atoms with Crippen molar-refractivity contribution in [3.63, 3.8) is 0 Å². The first kappa shape index (κ1) is 19.6. The molecule has 0 radical (unpaired) electrons. The van der Waals surface area contributed by atoms with Gasteiger partial charge < -0.3 is 10.2 Å². The first-order valence-corrected chi connectivity index (χ1v) is 8.69. The quantitative estimate of drug-likeness (QED) is 0.750. The molecule has 0 saturated heterocycles. The summed E-state index contributed by atoms with van der Waals surface area (Å²) in [7, 11) is 0.500. The van der Waals surface area contributed by atoms with Gasteiger partial charge in [-0.3, -0.25) is 4.39 Å². The average Bonchev–Trinajstić information content (AvgIpc) is 2.78. The number of aliphatic hydroxyl groups is 2. The van der Waals surface area contributed by atoms with Gasteiger partial charge in [0, 0.05) is 0 Å². The van der Waals surface area contributed by atoms with Gasteiger partial charge in [-0.15, -0.1) is 0 Å². The number of fused-ring (bicyclic) bond motifs is 1. The molecule has 5 atom stereocenters. The van der Waals surface area contributed by atoms with Gasteiger partial charge in [-0.05, 0) is 69.1 Å². The van der Waals surface area contributed by atoms with Gasteiger partial charge in [0.25, 0.3) is 0 Å². The molecule has 2 aliphatic rings. The predicted molar refractivity (Wildman–Crippen MR) is 90.4 cm³/mol. The SMILES string of the molecule is CF.C[C@@H](/C=C/CC(C)(C)O)C1CCC2C(O)CCC[C@@]21C. The van der Waals surface area contributed by atoms with Gasteiger partial charge in [0.15, 0.2) is 0 Å². The lowest BCUT2D eigenvalue weighted by Gasteiger charge is -2.44. The summed E-state index contributed by atoms with van der Waals surface area (Å²) in [4.78, 5) is 0. The smallest absolute Gasteiger partial charge is 0.0785 e. The molecule has 0 aromatic carbocycles. The lowest BCUT2D eigenvalue weighted by molar-refractivity contribution is -0.0231. The summed E-state index contributed by atoms with van der Waals surface area (Å²) in [6.07, 6.45) is 10.9. The second-order valence-corrected chi connectivity index (χ2v) is 8.06. The van der Waals surface area contributed by atoms with Crippen molar-refractivity contribution in [1.29, 1.82) is 0 Å². The van der Waals surface area contributed by atoms with Crippen LogP contribution in [0.2, 0.25) is 0 Å². The van der Waals surface area contributed by atoms with Gasteiger partial charge in [0.1, 0.15) is 0 Å². The molecule has 2 fully saturated rings. The molecule has 3 unspecified atom stereocenters. The van der Waals surface area contributed by atoms with E-state index in [2.05, 4.69) is 26.0 Å². The molecule has 2 rings (SSSR count). The molecule has 0 amide bonds. The fraction of sp³-hybridized carbons (Fsp3) is 0.895. The van der Waals surface area contributed by atoms with Crippen molar-refractivity contribution in [1.82, 2.24) is 0 Å². The van der Waals surface area contributed by atoms with Crippen LogP contribution in [-0.4, -0.2) is 29.1 Å². The Morgan fingerprint density at radius 1 is 1.27 bits per heavy atom. The molecule has 2 aliphatic carbocycles. The highest BCUT2D eigenvalue weighted by Crippen LogP contribution is 2.57. The van der Waals surface area contributed by atoms with E-state index in [0.717, 1.165) is 6.42 Å². The molecule has 0 aromatic rings. The zero-order chi connectivity index (χ0) is 17.0. The van der Waals surface area contributed by atoms with Crippen molar-refractivity contribution in [2.24, 2.45) is 23.2 Å². The summed E-state index contributed by atoms with van der Waals surface area (Å²) in [5, 5.41) is 20.1. The van der Waals surface area contributed by atoms with Crippen LogP contribution in [0.25, 0.3) is 0 Å². The fourth-order valence-corrected chi connectivity index (χ4v) is 4.76. The monoisotopic (exact) mass is 314 g/mol. The summed E-state index contributed by atoms with van der Waals surface area (Å²) >= 11 is 0. The Balaban J connectivity index is 0.00000116. The minimum atomic E-state index is -0.612. The number of alkyl halides is 1. The summed E-state index contributed by atoms with van der Waals surface area (Å²) in [5.41, 5.74) is -0.296. The van der Waals surface area contributed by atoms with Crippen LogP contribution in [0.3, 0.4) is 0 Å². The Labute approximate surface area is 135 Å². The van der Waals surface area contributed by atoms with E-state index in [1.807, 2.05) is 13.8 Å². The Morgan fingerprint density at radius 3 is 2.50 bits per heavy atom. The molecule has 130 valence electrons. The molecule has 2 nitrogen and oxygen atoms in total. The topological polar surface area (TPSA) is 40.5 Å². The van der Waals surface area contributed by atoms with Gasteiger partial charge in [-0.2, -0.15) is 0 Å². The van der Waals surface area contributed by atoms with E-state index < -0.39 is 5.60 Å². The molecular formula is C19H35FO2. The summed E-state index contributed by atoms with van der Waals surface area (Å²) in [6, 6.07) is 0. The van der Waals surface area contributed by atoms with E-state index in [4.69, 9.17) is 0 Å². The first-order valence-electron chi connectivity index (χ1n) is 8.69. The zero-order valence-corrected chi connectivity index (χ0v) is 15.0. The van der Waals surface area contributed by atoms with E-state index in [1.165, 1.54) is 25.7 Å². The van der Waals surface area contributed by atoms with Gasteiger partial charge in [0.05, 0.1) is 18.9 Å². The summed E-state index contributed by atoms with van der Waals surface area (Å²) in [5.74, 6) is 1.73. The largest absolute Gasteiger partial charge is 0.393 e. The van der Waals surface area contributed by atoms with Gasteiger partial charge >= 0.3 is 0 Å². The summed E-state index contributed by atoms with van der Waals surface area (Å²) in [6.45, 7) is 8.41. The molecule has 0 heterocycles. The second kappa shape index (κ2) is 7.92. The predicted octanol–water partition coefficient (Wildman–Crippen LogP) is 4.50. The van der Waals surface area contributed by atoms with Crippen LogP contribution in [0.15, 0.2) is 12.2 Å². The standard InChI is InChI=1S/C18H32O2.CH3F/c1-13(7-5-11-17(2,3)20)14-9-10-15-16(19)8-6-12-18(14,15)4;1-2/h5,7,13-16,19-20H,6,8-12H2,1-4H3;1H3/b7-5+;/t13-,14?,15?,16?,18+;/m0./s1. The molecule has 3 heteroatoms. The highest BCUT2D eigenvalue weighted by atomic mass is 19.1. The molecule has 2 saturated carbocycles. The third-order valence-corrected chi connectivity index (χ3v) is 5.85. The number of halogens is 1. The molecular weight excluding hydrogens is 279 g/mol. The van der Waals surface area contributed by atoms with Gasteiger partial charge in [-0.1, -0.05) is 32.4 Å². The zero-order valence-electron chi connectivity index (χ0n) is 15.0. The molecule has 22 heavy (non-hydrogen) atoms. The van der Waals surface area contributed by atoms with Crippen molar-refractivity contribution in [3.05, 3.63) is 12.2 Å². The maximum Gasteiger partial charge on any atom is 0.0785 e. The first-order chi connectivity index (χ1) is 10.2. The number of hydrogen-bond donors (Lipinski definition) is 2. The highest BCUT2D eigenvalue weighted by molar-refractivity contribution is 5.05. The number of rotatable bonds is 4. The van der Waals surface area contributed by atoms with Crippen molar-refractivity contribution in [2.75, 3.05) is 7.18 Å².